The second-order valence-corrected chi connectivity index (χ2v) is 2.61. The highest BCUT2D eigenvalue weighted by atomic mass is 16.3. The number of benzene rings is 1. The molecule has 0 aliphatic carbocycles. The van der Waals surface area contributed by atoms with E-state index in [1.807, 2.05) is 0 Å². The molecular weight excluding hydrogens is 168 g/mol. The fourth-order valence-electron chi connectivity index (χ4n) is 1.05. The topological polar surface area (TPSA) is 87.8 Å². The molecule has 13 heavy (non-hydrogen) atoms. The number of aromatic nitrogens is 3. The van der Waals surface area contributed by atoms with E-state index < -0.39 is 0 Å². The highest BCUT2D eigenvalue weighted by Crippen LogP contribution is 2.24. The number of aromatic hydroxyl groups is 1. The minimum atomic E-state index is 0.0725. The van der Waals surface area contributed by atoms with Gasteiger partial charge in [-0.3, -0.25) is 5.10 Å². The lowest BCUT2D eigenvalue weighted by Gasteiger charge is -2.00. The van der Waals surface area contributed by atoms with Crippen LogP contribution in [0.25, 0.3) is 11.4 Å². The summed E-state index contributed by atoms with van der Waals surface area (Å²) in [7, 11) is 0. The Kier molecular flexibility index (Phi) is 1.63. The summed E-state index contributed by atoms with van der Waals surface area (Å²) in [5.74, 6) is 0.704. The summed E-state index contributed by atoms with van der Waals surface area (Å²) in [5, 5.41) is 15.6. The molecule has 0 saturated heterocycles. The minimum absolute atomic E-state index is 0.0725. The van der Waals surface area contributed by atoms with Crippen molar-refractivity contribution in [3.05, 3.63) is 24.5 Å². The molecule has 0 bridgehead atoms. The van der Waals surface area contributed by atoms with Gasteiger partial charge in [-0.05, 0) is 18.2 Å². The van der Waals surface area contributed by atoms with Crippen LogP contribution >= 0.6 is 0 Å². The van der Waals surface area contributed by atoms with E-state index in [9.17, 15) is 0 Å². The van der Waals surface area contributed by atoms with Crippen molar-refractivity contribution < 1.29 is 5.11 Å². The van der Waals surface area contributed by atoms with E-state index in [1.165, 1.54) is 12.4 Å². The Labute approximate surface area is 74.2 Å². The van der Waals surface area contributed by atoms with E-state index in [0.717, 1.165) is 5.56 Å². The van der Waals surface area contributed by atoms with Crippen LogP contribution in [-0.2, 0) is 0 Å². The van der Waals surface area contributed by atoms with Gasteiger partial charge in [0, 0.05) is 5.56 Å². The molecule has 1 aromatic carbocycles. The van der Waals surface area contributed by atoms with Gasteiger partial charge in [-0.25, -0.2) is 4.98 Å². The molecule has 5 heteroatoms. The molecule has 0 saturated carbocycles. The monoisotopic (exact) mass is 176 g/mol. The number of nitrogens with zero attached hydrogens (tertiary/aromatic N) is 2. The van der Waals surface area contributed by atoms with E-state index in [0.29, 0.717) is 11.5 Å². The lowest BCUT2D eigenvalue weighted by atomic mass is 10.2. The fraction of sp³-hybridized carbons (Fsp3) is 0. The van der Waals surface area contributed by atoms with E-state index >= 15 is 0 Å². The van der Waals surface area contributed by atoms with Gasteiger partial charge in [-0.2, -0.15) is 5.10 Å². The Morgan fingerprint density at radius 3 is 2.85 bits per heavy atom. The second-order valence-electron chi connectivity index (χ2n) is 2.61. The molecule has 2 aromatic rings. The Hall–Kier alpha value is -2.04. The van der Waals surface area contributed by atoms with Gasteiger partial charge in [0.05, 0.1) is 5.69 Å². The predicted octanol–water partition coefficient (Wildman–Crippen LogP) is 0.760. The van der Waals surface area contributed by atoms with Crippen molar-refractivity contribution in [3.8, 4) is 17.1 Å². The van der Waals surface area contributed by atoms with E-state index in [4.69, 9.17) is 10.8 Å². The number of phenolic OH excluding ortho intramolecular Hbond substituents is 1. The van der Waals surface area contributed by atoms with Crippen molar-refractivity contribution in [2.24, 2.45) is 0 Å². The minimum Gasteiger partial charge on any atom is -0.506 e. The largest absolute Gasteiger partial charge is 0.506 e. The summed E-state index contributed by atoms with van der Waals surface area (Å²) < 4.78 is 0. The molecule has 0 spiro atoms. The maximum atomic E-state index is 9.17. The Balaban J connectivity index is 2.49. The number of nitrogens with two attached hydrogens (primary N) is 1. The van der Waals surface area contributed by atoms with Crippen molar-refractivity contribution >= 4 is 5.69 Å². The molecule has 0 aliphatic heterocycles. The fourth-order valence-corrected chi connectivity index (χ4v) is 1.05. The van der Waals surface area contributed by atoms with Crippen LogP contribution < -0.4 is 5.73 Å². The summed E-state index contributed by atoms with van der Waals surface area (Å²) in [5.41, 5.74) is 6.64. The first kappa shape index (κ1) is 7.60. The van der Waals surface area contributed by atoms with Crippen LogP contribution in [0.1, 0.15) is 0 Å². The molecule has 1 heterocycles. The first-order valence-corrected chi connectivity index (χ1v) is 3.71. The third-order valence-corrected chi connectivity index (χ3v) is 1.72. The van der Waals surface area contributed by atoms with E-state index in [1.54, 1.807) is 12.1 Å². The molecule has 66 valence electrons. The summed E-state index contributed by atoms with van der Waals surface area (Å²) in [6.45, 7) is 0. The van der Waals surface area contributed by atoms with Crippen LogP contribution in [0.15, 0.2) is 24.5 Å². The Morgan fingerprint density at radius 1 is 1.38 bits per heavy atom. The van der Waals surface area contributed by atoms with Crippen molar-refractivity contribution in [2.75, 3.05) is 5.73 Å². The van der Waals surface area contributed by atoms with Crippen LogP contribution in [0.3, 0.4) is 0 Å². The lowest BCUT2D eigenvalue weighted by molar-refractivity contribution is 0.478. The van der Waals surface area contributed by atoms with Crippen molar-refractivity contribution in [3.63, 3.8) is 0 Å². The average Bonchev–Trinajstić information content (AvgIpc) is 2.62. The molecule has 0 unspecified atom stereocenters. The predicted molar refractivity (Wildman–Crippen MR) is 47.9 cm³/mol. The third-order valence-electron chi connectivity index (χ3n) is 1.72. The van der Waals surface area contributed by atoms with Gasteiger partial charge in [-0.1, -0.05) is 0 Å². The lowest BCUT2D eigenvalue weighted by Crippen LogP contribution is -1.87. The van der Waals surface area contributed by atoms with Gasteiger partial charge >= 0.3 is 0 Å². The summed E-state index contributed by atoms with van der Waals surface area (Å²) in [6, 6.07) is 4.87. The molecule has 2 rings (SSSR count). The highest BCUT2D eigenvalue weighted by molar-refractivity contribution is 5.65. The number of nitrogen functional groups attached to an aromatic ring is 1. The maximum Gasteiger partial charge on any atom is 0.155 e. The van der Waals surface area contributed by atoms with E-state index in [-0.39, 0.29) is 5.75 Å². The zero-order chi connectivity index (χ0) is 9.26. The van der Waals surface area contributed by atoms with Gasteiger partial charge in [-0.15, -0.1) is 0 Å². The SMILES string of the molecule is Nc1cc(-c2ncn[nH]2)ccc1O. The van der Waals surface area contributed by atoms with Crippen LogP contribution in [0, 0.1) is 0 Å². The van der Waals surface area contributed by atoms with Crippen LogP contribution in [0.2, 0.25) is 0 Å². The maximum absolute atomic E-state index is 9.17. The molecule has 0 radical (unpaired) electrons. The summed E-state index contributed by atoms with van der Waals surface area (Å²) in [6.07, 6.45) is 1.42. The number of H-pyrrole nitrogens is 1. The smallest absolute Gasteiger partial charge is 0.155 e. The number of rotatable bonds is 1. The number of phenols is 1. The molecule has 0 fully saturated rings. The number of anilines is 1. The first-order chi connectivity index (χ1) is 6.27. The zero-order valence-corrected chi connectivity index (χ0v) is 6.73. The molecule has 1 aromatic heterocycles. The Morgan fingerprint density at radius 2 is 2.23 bits per heavy atom. The third kappa shape index (κ3) is 1.31. The summed E-state index contributed by atoms with van der Waals surface area (Å²) in [4.78, 5) is 3.95. The highest BCUT2D eigenvalue weighted by Gasteiger charge is 2.02. The zero-order valence-electron chi connectivity index (χ0n) is 6.73. The number of nitrogens with one attached hydrogen (secondary N) is 1. The summed E-state index contributed by atoms with van der Waals surface area (Å²) >= 11 is 0. The van der Waals surface area contributed by atoms with Gasteiger partial charge in [0.15, 0.2) is 5.82 Å². The quantitative estimate of drug-likeness (QED) is 0.442. The molecule has 5 nitrogen and oxygen atoms in total. The van der Waals surface area contributed by atoms with Crippen LogP contribution in [0.4, 0.5) is 5.69 Å². The van der Waals surface area contributed by atoms with E-state index in [2.05, 4.69) is 15.2 Å². The molecule has 4 N–H and O–H groups in total. The van der Waals surface area contributed by atoms with Crippen molar-refractivity contribution in [1.82, 2.24) is 15.2 Å². The first-order valence-electron chi connectivity index (χ1n) is 3.71. The molecule has 0 atom stereocenters. The molecule has 0 aliphatic rings. The second kappa shape index (κ2) is 2.78. The van der Waals surface area contributed by atoms with Crippen molar-refractivity contribution in [1.29, 1.82) is 0 Å². The average molecular weight is 176 g/mol. The van der Waals surface area contributed by atoms with Crippen molar-refractivity contribution in [2.45, 2.75) is 0 Å². The van der Waals surface area contributed by atoms with Gasteiger partial charge in [0.25, 0.3) is 0 Å². The molecule has 0 amide bonds. The normalized spacial score (nSPS) is 10.2. The van der Waals surface area contributed by atoms with Gasteiger partial charge in [0.1, 0.15) is 12.1 Å². The van der Waals surface area contributed by atoms with Crippen LogP contribution in [-0.4, -0.2) is 20.3 Å². The van der Waals surface area contributed by atoms with Gasteiger partial charge < -0.3 is 10.8 Å². The number of hydrogen-bond acceptors (Lipinski definition) is 4. The number of aromatic amines is 1. The standard InChI is InChI=1S/C8H8N4O/c9-6-3-5(1-2-7(6)13)8-10-4-11-12-8/h1-4,13H,9H2,(H,10,11,12). The molecular formula is C8H8N4O. The number of hydrogen-bond donors (Lipinski definition) is 3. The van der Waals surface area contributed by atoms with Crippen LogP contribution in [0.5, 0.6) is 5.75 Å². The van der Waals surface area contributed by atoms with Gasteiger partial charge in [0.2, 0.25) is 0 Å². The Bertz CT molecular complexity index is 410.